The number of carbonyl (C=O) groups is 1. The third-order valence-electron chi connectivity index (χ3n) is 2.65. The highest BCUT2D eigenvalue weighted by Crippen LogP contribution is 2.36. The number of thiophene rings is 1. The molecular formula is C12H16O3S. The van der Waals surface area contributed by atoms with Crippen molar-refractivity contribution < 1.29 is 14.6 Å². The number of aromatic carboxylic acids is 1. The van der Waals surface area contributed by atoms with Gasteiger partial charge in [0.25, 0.3) is 0 Å². The third kappa shape index (κ3) is 2.55. The van der Waals surface area contributed by atoms with E-state index in [2.05, 4.69) is 13.8 Å². The molecule has 0 saturated heterocycles. The molecule has 0 amide bonds. The molecule has 1 heterocycles. The van der Waals surface area contributed by atoms with Gasteiger partial charge in [-0.2, -0.15) is 0 Å². The van der Waals surface area contributed by atoms with E-state index in [1.54, 1.807) is 0 Å². The Morgan fingerprint density at radius 3 is 2.81 bits per heavy atom. The summed E-state index contributed by atoms with van der Waals surface area (Å²) in [5.41, 5.74) is 0. The van der Waals surface area contributed by atoms with Gasteiger partial charge in [0.05, 0.1) is 6.61 Å². The minimum atomic E-state index is -0.886. The van der Waals surface area contributed by atoms with Crippen LogP contribution in [0.2, 0.25) is 0 Å². The SMILES string of the molecule is CC(C)c1cc(OCC2CC2)c(C(=O)O)s1. The van der Waals surface area contributed by atoms with Crippen LogP contribution in [-0.4, -0.2) is 17.7 Å². The molecule has 3 nitrogen and oxygen atoms in total. The van der Waals surface area contributed by atoms with Crippen molar-refractivity contribution in [1.29, 1.82) is 0 Å². The molecule has 0 atom stereocenters. The number of carboxylic acids is 1. The Balaban J connectivity index is 2.15. The number of ether oxygens (including phenoxy) is 1. The van der Waals surface area contributed by atoms with E-state index < -0.39 is 5.97 Å². The molecule has 1 fully saturated rings. The van der Waals surface area contributed by atoms with Gasteiger partial charge in [0.1, 0.15) is 5.75 Å². The number of hydrogen-bond donors (Lipinski definition) is 1. The summed E-state index contributed by atoms with van der Waals surface area (Å²) in [7, 11) is 0. The zero-order valence-corrected chi connectivity index (χ0v) is 10.3. The maximum Gasteiger partial charge on any atom is 0.349 e. The first-order valence-electron chi connectivity index (χ1n) is 5.57. The maximum absolute atomic E-state index is 11.0. The van der Waals surface area contributed by atoms with Gasteiger partial charge in [-0.3, -0.25) is 0 Å². The van der Waals surface area contributed by atoms with Crippen LogP contribution in [-0.2, 0) is 0 Å². The molecule has 4 heteroatoms. The van der Waals surface area contributed by atoms with Gasteiger partial charge >= 0.3 is 5.97 Å². The van der Waals surface area contributed by atoms with E-state index in [1.165, 1.54) is 24.2 Å². The summed E-state index contributed by atoms with van der Waals surface area (Å²) in [5.74, 6) is 0.654. The highest BCUT2D eigenvalue weighted by atomic mass is 32.1. The van der Waals surface area contributed by atoms with Gasteiger partial charge < -0.3 is 9.84 Å². The van der Waals surface area contributed by atoms with Crippen molar-refractivity contribution >= 4 is 17.3 Å². The lowest BCUT2D eigenvalue weighted by atomic mass is 10.2. The molecule has 0 unspecified atom stereocenters. The van der Waals surface area contributed by atoms with E-state index >= 15 is 0 Å². The summed E-state index contributed by atoms with van der Waals surface area (Å²) in [6.07, 6.45) is 2.42. The molecule has 1 aromatic rings. The first-order chi connectivity index (χ1) is 7.58. The fraction of sp³-hybridized carbons (Fsp3) is 0.583. The maximum atomic E-state index is 11.0. The lowest BCUT2D eigenvalue weighted by Gasteiger charge is -2.03. The predicted octanol–water partition coefficient (Wildman–Crippen LogP) is 3.36. The van der Waals surface area contributed by atoms with Crippen molar-refractivity contribution in [2.45, 2.75) is 32.6 Å². The molecule has 0 aliphatic heterocycles. The molecule has 1 aliphatic rings. The van der Waals surface area contributed by atoms with E-state index in [9.17, 15) is 4.79 Å². The van der Waals surface area contributed by atoms with Crippen molar-refractivity contribution in [3.8, 4) is 5.75 Å². The Labute approximate surface area is 99.1 Å². The summed E-state index contributed by atoms with van der Waals surface area (Å²) < 4.78 is 5.58. The minimum Gasteiger partial charge on any atom is -0.491 e. The van der Waals surface area contributed by atoms with Crippen molar-refractivity contribution in [2.24, 2.45) is 5.92 Å². The van der Waals surface area contributed by atoms with Gasteiger partial charge in [-0.1, -0.05) is 13.8 Å². The van der Waals surface area contributed by atoms with Gasteiger partial charge in [0.15, 0.2) is 4.88 Å². The molecule has 1 N–H and O–H groups in total. The van der Waals surface area contributed by atoms with Crippen LogP contribution in [0.1, 0.15) is 47.2 Å². The van der Waals surface area contributed by atoms with Crippen LogP contribution < -0.4 is 4.74 Å². The van der Waals surface area contributed by atoms with Gasteiger partial charge in [-0.25, -0.2) is 4.79 Å². The van der Waals surface area contributed by atoms with Gasteiger partial charge in [-0.05, 0) is 30.7 Å². The van der Waals surface area contributed by atoms with Gasteiger partial charge in [-0.15, -0.1) is 11.3 Å². The van der Waals surface area contributed by atoms with Crippen LogP contribution in [0, 0.1) is 5.92 Å². The van der Waals surface area contributed by atoms with E-state index in [1.807, 2.05) is 6.07 Å². The second kappa shape index (κ2) is 4.45. The first kappa shape index (κ1) is 11.5. The zero-order chi connectivity index (χ0) is 11.7. The van der Waals surface area contributed by atoms with Crippen molar-refractivity contribution in [3.63, 3.8) is 0 Å². The summed E-state index contributed by atoms with van der Waals surface area (Å²) in [5, 5.41) is 9.07. The summed E-state index contributed by atoms with van der Waals surface area (Å²) in [6.45, 7) is 4.78. The molecule has 88 valence electrons. The largest absolute Gasteiger partial charge is 0.491 e. The van der Waals surface area contributed by atoms with E-state index in [-0.39, 0.29) is 0 Å². The molecule has 1 aromatic heterocycles. The van der Waals surface area contributed by atoms with Crippen molar-refractivity contribution in [2.75, 3.05) is 6.61 Å². The summed E-state index contributed by atoms with van der Waals surface area (Å²) in [6, 6.07) is 1.88. The fourth-order valence-electron chi connectivity index (χ4n) is 1.43. The van der Waals surface area contributed by atoms with Crippen molar-refractivity contribution in [1.82, 2.24) is 0 Å². The van der Waals surface area contributed by atoms with Crippen molar-refractivity contribution in [3.05, 3.63) is 15.8 Å². The smallest absolute Gasteiger partial charge is 0.349 e. The second-order valence-corrected chi connectivity index (χ2v) is 5.64. The highest BCUT2D eigenvalue weighted by Gasteiger charge is 2.24. The molecule has 2 rings (SSSR count). The van der Waals surface area contributed by atoms with Crippen LogP contribution in [0.3, 0.4) is 0 Å². The van der Waals surface area contributed by atoms with Crippen LogP contribution >= 0.6 is 11.3 Å². The van der Waals surface area contributed by atoms with E-state index in [0.717, 1.165) is 4.88 Å². The summed E-state index contributed by atoms with van der Waals surface area (Å²) in [4.78, 5) is 12.5. The molecule has 0 spiro atoms. The number of carboxylic acid groups (broad SMARTS) is 1. The fourth-order valence-corrected chi connectivity index (χ4v) is 2.37. The molecule has 0 aromatic carbocycles. The Morgan fingerprint density at radius 1 is 1.62 bits per heavy atom. The van der Waals surface area contributed by atoms with Gasteiger partial charge in [0.2, 0.25) is 0 Å². The average Bonchev–Trinajstić information content (AvgIpc) is 2.92. The molecule has 1 saturated carbocycles. The predicted molar refractivity (Wildman–Crippen MR) is 63.6 cm³/mol. The minimum absolute atomic E-state index is 0.337. The van der Waals surface area contributed by atoms with Gasteiger partial charge in [0, 0.05) is 4.88 Å². The highest BCUT2D eigenvalue weighted by molar-refractivity contribution is 7.14. The molecule has 0 bridgehead atoms. The third-order valence-corrected chi connectivity index (χ3v) is 4.06. The quantitative estimate of drug-likeness (QED) is 0.858. The first-order valence-corrected chi connectivity index (χ1v) is 6.39. The normalized spacial score (nSPS) is 15.4. The van der Waals surface area contributed by atoms with Crippen LogP contribution in [0.25, 0.3) is 0 Å². The van der Waals surface area contributed by atoms with E-state index in [4.69, 9.17) is 9.84 Å². The molecular weight excluding hydrogens is 224 g/mol. The lowest BCUT2D eigenvalue weighted by Crippen LogP contribution is -2.02. The van der Waals surface area contributed by atoms with E-state index in [0.29, 0.717) is 29.1 Å². The Kier molecular flexibility index (Phi) is 3.19. The number of hydrogen-bond acceptors (Lipinski definition) is 3. The molecule has 1 aliphatic carbocycles. The molecule has 0 radical (unpaired) electrons. The van der Waals surface area contributed by atoms with Crippen LogP contribution in [0.15, 0.2) is 6.07 Å². The topological polar surface area (TPSA) is 46.5 Å². The molecule has 16 heavy (non-hydrogen) atoms. The second-order valence-electron chi connectivity index (χ2n) is 4.56. The zero-order valence-electron chi connectivity index (χ0n) is 9.53. The Morgan fingerprint density at radius 2 is 2.31 bits per heavy atom. The van der Waals surface area contributed by atoms with Crippen LogP contribution in [0.4, 0.5) is 0 Å². The monoisotopic (exact) mass is 240 g/mol. The summed E-state index contributed by atoms with van der Waals surface area (Å²) >= 11 is 1.32. The Bertz CT molecular complexity index is 391. The Hall–Kier alpha value is -1.03. The number of rotatable bonds is 5. The lowest BCUT2D eigenvalue weighted by molar-refractivity contribution is 0.0698. The van der Waals surface area contributed by atoms with Crippen LogP contribution in [0.5, 0.6) is 5.75 Å². The average molecular weight is 240 g/mol. The standard InChI is InChI=1S/C12H16O3S/c1-7(2)10-5-9(11(16-10)12(13)14)15-6-8-3-4-8/h5,7-8H,3-4,6H2,1-2H3,(H,13,14).